The first-order valence-electron chi connectivity index (χ1n) is 9.05. The van der Waals surface area contributed by atoms with Crippen LogP contribution < -0.4 is 10.2 Å². The van der Waals surface area contributed by atoms with Gasteiger partial charge >= 0.3 is 6.18 Å². The molecular formula is C21H13Cl3F3N3O3. The highest BCUT2D eigenvalue weighted by atomic mass is 35.5. The van der Waals surface area contributed by atoms with Crippen LogP contribution in [0.5, 0.6) is 5.75 Å². The summed E-state index contributed by atoms with van der Waals surface area (Å²) in [6.07, 6.45) is -3.46. The highest BCUT2D eigenvalue weighted by Crippen LogP contribution is 2.36. The number of rotatable bonds is 7. The number of hydrogen-bond acceptors (Lipinski definition) is 5. The van der Waals surface area contributed by atoms with Gasteiger partial charge in [0, 0.05) is 11.1 Å². The Bertz CT molecular complexity index is 1180. The molecule has 0 bridgehead atoms. The second-order valence-electron chi connectivity index (χ2n) is 6.59. The molecule has 0 aromatic heterocycles. The Morgan fingerprint density at radius 1 is 1.03 bits per heavy atom. The maximum absolute atomic E-state index is 12.8. The monoisotopic (exact) mass is 517 g/mol. The number of alkyl halides is 3. The van der Waals surface area contributed by atoms with Crippen molar-refractivity contribution in [1.29, 1.82) is 0 Å². The Morgan fingerprint density at radius 3 is 2.24 bits per heavy atom. The van der Waals surface area contributed by atoms with E-state index in [0.29, 0.717) is 22.7 Å². The number of nitro groups is 1. The van der Waals surface area contributed by atoms with Gasteiger partial charge in [0.25, 0.3) is 5.69 Å². The van der Waals surface area contributed by atoms with E-state index in [4.69, 9.17) is 39.5 Å². The summed E-state index contributed by atoms with van der Waals surface area (Å²) in [5.74, 6) is 0.247. The number of nitrogens with one attached hydrogen (secondary N) is 1. The highest BCUT2D eigenvalue weighted by Gasteiger charge is 2.33. The summed E-state index contributed by atoms with van der Waals surface area (Å²) in [4.78, 5) is 10.2. The van der Waals surface area contributed by atoms with Gasteiger partial charge in [-0.3, -0.25) is 15.5 Å². The van der Waals surface area contributed by atoms with Crippen molar-refractivity contribution in [1.82, 2.24) is 0 Å². The van der Waals surface area contributed by atoms with E-state index in [1.807, 2.05) is 0 Å². The highest BCUT2D eigenvalue weighted by molar-refractivity contribution is 6.37. The molecule has 0 atom stereocenters. The van der Waals surface area contributed by atoms with Crippen LogP contribution in [0, 0.1) is 10.1 Å². The van der Waals surface area contributed by atoms with Gasteiger partial charge in [0.15, 0.2) is 5.75 Å². The molecule has 33 heavy (non-hydrogen) atoms. The number of benzene rings is 3. The van der Waals surface area contributed by atoms with E-state index in [9.17, 15) is 23.3 Å². The number of hydrazone groups is 1. The normalized spacial score (nSPS) is 11.6. The molecule has 0 radical (unpaired) electrons. The van der Waals surface area contributed by atoms with Gasteiger partial charge in [0.05, 0.1) is 26.7 Å². The van der Waals surface area contributed by atoms with Crippen molar-refractivity contribution < 1.29 is 22.8 Å². The number of hydrogen-bond donors (Lipinski definition) is 1. The van der Waals surface area contributed by atoms with E-state index < -0.39 is 22.4 Å². The molecule has 0 fully saturated rings. The predicted molar refractivity (Wildman–Crippen MR) is 122 cm³/mol. The molecule has 6 nitrogen and oxygen atoms in total. The van der Waals surface area contributed by atoms with Crippen LogP contribution in [-0.4, -0.2) is 11.1 Å². The zero-order chi connectivity index (χ0) is 24.2. The fourth-order valence-corrected chi connectivity index (χ4v) is 3.40. The number of halogens is 6. The number of ether oxygens (including phenoxy) is 1. The molecule has 172 valence electrons. The summed E-state index contributed by atoms with van der Waals surface area (Å²) in [5.41, 5.74) is 1.49. The zero-order valence-electron chi connectivity index (χ0n) is 16.4. The van der Waals surface area contributed by atoms with Crippen LogP contribution in [-0.2, 0) is 12.8 Å². The van der Waals surface area contributed by atoms with E-state index in [-0.39, 0.29) is 28.1 Å². The molecule has 0 heterocycles. The maximum atomic E-state index is 12.8. The van der Waals surface area contributed by atoms with Gasteiger partial charge in [0.2, 0.25) is 0 Å². The molecule has 0 spiro atoms. The molecule has 0 aliphatic carbocycles. The lowest BCUT2D eigenvalue weighted by atomic mass is 10.1. The third-order valence-electron chi connectivity index (χ3n) is 4.24. The van der Waals surface area contributed by atoms with Gasteiger partial charge in [-0.05, 0) is 47.5 Å². The first-order chi connectivity index (χ1) is 15.5. The minimum absolute atomic E-state index is 0.193. The number of anilines is 1. The molecule has 3 aromatic carbocycles. The maximum Gasteiger partial charge on any atom is 0.416 e. The quantitative estimate of drug-likeness (QED) is 0.198. The van der Waals surface area contributed by atoms with Crippen LogP contribution in [0.1, 0.15) is 16.7 Å². The Kier molecular flexibility index (Phi) is 7.68. The predicted octanol–water partition coefficient (Wildman–Crippen LogP) is 7.60. The van der Waals surface area contributed by atoms with E-state index >= 15 is 0 Å². The van der Waals surface area contributed by atoms with E-state index in [0.717, 1.165) is 11.6 Å². The second-order valence-corrected chi connectivity index (χ2v) is 7.84. The van der Waals surface area contributed by atoms with Gasteiger partial charge in [-0.1, -0.05) is 46.9 Å². The zero-order valence-corrected chi connectivity index (χ0v) is 18.6. The van der Waals surface area contributed by atoms with Crippen molar-refractivity contribution in [3.8, 4) is 5.75 Å². The Balaban J connectivity index is 1.73. The molecule has 1 N–H and O–H groups in total. The van der Waals surface area contributed by atoms with Gasteiger partial charge in [-0.25, -0.2) is 0 Å². The molecule has 3 rings (SSSR count). The molecule has 0 aliphatic heterocycles. The molecule has 0 aliphatic rings. The smallest absolute Gasteiger partial charge is 0.416 e. The topological polar surface area (TPSA) is 76.8 Å². The summed E-state index contributed by atoms with van der Waals surface area (Å²) >= 11 is 18.3. The molecule has 0 amide bonds. The largest absolute Gasteiger partial charge is 0.486 e. The molecule has 3 aromatic rings. The van der Waals surface area contributed by atoms with Crippen molar-refractivity contribution in [2.45, 2.75) is 12.8 Å². The van der Waals surface area contributed by atoms with Crippen LogP contribution in [0.25, 0.3) is 0 Å². The molecule has 0 saturated heterocycles. The van der Waals surface area contributed by atoms with Gasteiger partial charge in [0.1, 0.15) is 12.3 Å². The van der Waals surface area contributed by atoms with Crippen molar-refractivity contribution in [2.24, 2.45) is 5.10 Å². The average molecular weight is 519 g/mol. The molecule has 0 saturated carbocycles. The third kappa shape index (κ3) is 6.50. The fraction of sp³-hybridized carbons (Fsp3) is 0.0952. The summed E-state index contributed by atoms with van der Waals surface area (Å²) in [6, 6.07) is 12.1. The van der Waals surface area contributed by atoms with Gasteiger partial charge < -0.3 is 4.74 Å². The summed E-state index contributed by atoms with van der Waals surface area (Å²) in [7, 11) is 0. The minimum atomic E-state index is -4.71. The van der Waals surface area contributed by atoms with Crippen LogP contribution in [0.15, 0.2) is 59.7 Å². The van der Waals surface area contributed by atoms with Crippen LogP contribution >= 0.6 is 34.8 Å². The number of nitrogens with zero attached hydrogens (tertiary/aromatic N) is 2. The SMILES string of the molecule is O=[N+]([O-])c1cc(C(F)(F)F)ccc1N/N=C\c1cc(Cl)c(OCc2ccc(Cl)cc2)c(Cl)c1. The summed E-state index contributed by atoms with van der Waals surface area (Å²) < 4.78 is 44.1. The van der Waals surface area contributed by atoms with E-state index in [2.05, 4.69) is 10.5 Å². The Hall–Kier alpha value is -3.01. The molecular weight excluding hydrogens is 506 g/mol. The van der Waals surface area contributed by atoms with Crippen LogP contribution in [0.4, 0.5) is 24.5 Å². The average Bonchev–Trinajstić information content (AvgIpc) is 2.73. The van der Waals surface area contributed by atoms with E-state index in [1.54, 1.807) is 24.3 Å². The summed E-state index contributed by atoms with van der Waals surface area (Å²) in [5, 5.41) is 15.9. The third-order valence-corrected chi connectivity index (χ3v) is 5.05. The van der Waals surface area contributed by atoms with Crippen molar-refractivity contribution >= 4 is 52.4 Å². The first kappa shape index (κ1) is 24.6. The van der Waals surface area contributed by atoms with Gasteiger partial charge in [-0.2, -0.15) is 18.3 Å². The lowest BCUT2D eigenvalue weighted by Gasteiger charge is -2.11. The fourth-order valence-electron chi connectivity index (χ4n) is 2.66. The lowest BCUT2D eigenvalue weighted by molar-refractivity contribution is -0.384. The van der Waals surface area contributed by atoms with Crippen molar-refractivity contribution in [2.75, 3.05) is 5.43 Å². The first-order valence-corrected chi connectivity index (χ1v) is 10.2. The van der Waals surface area contributed by atoms with Crippen LogP contribution in [0.2, 0.25) is 15.1 Å². The lowest BCUT2D eigenvalue weighted by Crippen LogP contribution is -2.06. The molecule has 12 heteroatoms. The summed E-state index contributed by atoms with van der Waals surface area (Å²) in [6.45, 7) is 0.198. The van der Waals surface area contributed by atoms with Crippen LogP contribution in [0.3, 0.4) is 0 Å². The number of nitro benzene ring substituents is 1. The van der Waals surface area contributed by atoms with Crippen molar-refractivity contribution in [3.05, 3.63) is 96.5 Å². The standard InChI is InChI=1S/C21H13Cl3F3N3O3/c22-15-4-1-12(2-5-15)11-33-20-16(23)7-13(8-17(20)24)10-28-29-18-6-3-14(21(25,26)27)9-19(18)30(31)32/h1-10,29H,11H2/b28-10-. The Morgan fingerprint density at radius 2 is 1.67 bits per heavy atom. The second kappa shape index (κ2) is 10.3. The minimum Gasteiger partial charge on any atom is -0.486 e. The molecule has 0 unspecified atom stereocenters. The Labute approximate surface area is 200 Å². The van der Waals surface area contributed by atoms with E-state index in [1.165, 1.54) is 18.3 Å². The van der Waals surface area contributed by atoms with Gasteiger partial charge in [-0.15, -0.1) is 0 Å². The van der Waals surface area contributed by atoms with Crippen molar-refractivity contribution in [3.63, 3.8) is 0 Å².